The van der Waals surface area contributed by atoms with Crippen LogP contribution in [-0.4, -0.2) is 48.4 Å². The van der Waals surface area contributed by atoms with Crippen LogP contribution < -0.4 is 21.8 Å². The van der Waals surface area contributed by atoms with E-state index in [0.29, 0.717) is 18.3 Å². The average Bonchev–Trinajstić information content (AvgIpc) is 3.14. The molecular formula is C19H23N9O2. The van der Waals surface area contributed by atoms with E-state index in [2.05, 4.69) is 19.9 Å². The van der Waals surface area contributed by atoms with Gasteiger partial charge in [-0.1, -0.05) is 0 Å². The molecule has 1 aliphatic rings. The molecule has 156 valence electrons. The zero-order valence-corrected chi connectivity index (χ0v) is 16.9. The number of H-pyrrole nitrogens is 1. The van der Waals surface area contributed by atoms with Gasteiger partial charge in [-0.15, -0.1) is 0 Å². The first kappa shape index (κ1) is 19.8. The first-order valence-corrected chi connectivity index (χ1v) is 9.79. The van der Waals surface area contributed by atoms with Crippen molar-refractivity contribution in [1.29, 1.82) is 5.26 Å². The molecule has 1 saturated heterocycles. The van der Waals surface area contributed by atoms with E-state index in [1.54, 1.807) is 0 Å². The average molecular weight is 409 g/mol. The Kier molecular flexibility index (Phi) is 5.09. The lowest BCUT2D eigenvalue weighted by Crippen LogP contribution is -2.43. The highest BCUT2D eigenvalue weighted by atomic mass is 16.2. The van der Waals surface area contributed by atoms with E-state index in [-0.39, 0.29) is 30.2 Å². The SMILES string of the molecule is Cc1cc(C)nc(Cn2c(=O)c3[nH]c(N4CCCC(N)C4)nc3c(=O)n2CC#N)n1. The second kappa shape index (κ2) is 7.72. The van der Waals surface area contributed by atoms with Gasteiger partial charge in [0, 0.05) is 30.5 Å². The van der Waals surface area contributed by atoms with Gasteiger partial charge in [0.15, 0.2) is 5.52 Å². The van der Waals surface area contributed by atoms with Crippen LogP contribution in [0.2, 0.25) is 0 Å². The largest absolute Gasteiger partial charge is 0.341 e. The predicted octanol–water partition coefficient (Wildman–Crippen LogP) is -0.207. The molecule has 0 amide bonds. The maximum absolute atomic E-state index is 13.2. The highest BCUT2D eigenvalue weighted by Gasteiger charge is 2.23. The van der Waals surface area contributed by atoms with E-state index in [0.717, 1.165) is 35.5 Å². The lowest BCUT2D eigenvalue weighted by atomic mass is 10.1. The zero-order valence-electron chi connectivity index (χ0n) is 16.9. The maximum atomic E-state index is 13.2. The van der Waals surface area contributed by atoms with Gasteiger partial charge in [0.05, 0.1) is 6.07 Å². The Morgan fingerprint density at radius 3 is 2.60 bits per heavy atom. The van der Waals surface area contributed by atoms with E-state index in [9.17, 15) is 14.9 Å². The number of imidazole rings is 1. The van der Waals surface area contributed by atoms with E-state index >= 15 is 0 Å². The summed E-state index contributed by atoms with van der Waals surface area (Å²) >= 11 is 0. The van der Waals surface area contributed by atoms with Gasteiger partial charge in [0.1, 0.15) is 24.4 Å². The van der Waals surface area contributed by atoms with Gasteiger partial charge in [0.2, 0.25) is 5.95 Å². The third kappa shape index (κ3) is 3.57. The molecule has 1 atom stereocenters. The first-order valence-electron chi connectivity index (χ1n) is 9.79. The number of aromatic amines is 1. The Hall–Kier alpha value is -3.52. The third-order valence-electron chi connectivity index (χ3n) is 5.17. The lowest BCUT2D eigenvalue weighted by molar-refractivity contribution is 0.469. The zero-order chi connectivity index (χ0) is 21.4. The van der Waals surface area contributed by atoms with E-state index in [4.69, 9.17) is 5.73 Å². The molecule has 1 unspecified atom stereocenters. The van der Waals surface area contributed by atoms with Crippen LogP contribution in [0.3, 0.4) is 0 Å². The number of aryl methyl sites for hydroxylation is 2. The third-order valence-corrected chi connectivity index (χ3v) is 5.17. The summed E-state index contributed by atoms with van der Waals surface area (Å²) in [5, 5.41) is 9.22. The molecule has 3 aromatic rings. The monoisotopic (exact) mass is 409 g/mol. The quantitative estimate of drug-likeness (QED) is 0.601. The van der Waals surface area contributed by atoms with Crippen molar-refractivity contribution in [2.45, 2.75) is 45.8 Å². The van der Waals surface area contributed by atoms with Crippen LogP contribution in [0, 0.1) is 25.2 Å². The molecule has 30 heavy (non-hydrogen) atoms. The Morgan fingerprint density at radius 2 is 1.93 bits per heavy atom. The second-order valence-electron chi connectivity index (χ2n) is 7.58. The summed E-state index contributed by atoms with van der Waals surface area (Å²) in [5.41, 5.74) is 6.71. The number of nitrogens with one attached hydrogen (secondary N) is 1. The molecule has 4 rings (SSSR count). The van der Waals surface area contributed by atoms with Crippen LogP contribution in [-0.2, 0) is 13.1 Å². The topological polar surface area (TPSA) is 152 Å². The van der Waals surface area contributed by atoms with Crippen molar-refractivity contribution < 1.29 is 0 Å². The number of nitriles is 1. The number of piperidine rings is 1. The Balaban J connectivity index is 1.86. The van der Waals surface area contributed by atoms with Crippen molar-refractivity contribution in [3.63, 3.8) is 0 Å². The molecule has 0 bridgehead atoms. The molecule has 0 spiro atoms. The molecule has 0 aliphatic carbocycles. The van der Waals surface area contributed by atoms with Gasteiger partial charge in [-0.05, 0) is 32.8 Å². The summed E-state index contributed by atoms with van der Waals surface area (Å²) in [7, 11) is 0. The summed E-state index contributed by atoms with van der Waals surface area (Å²) in [5.74, 6) is 0.833. The summed E-state index contributed by atoms with van der Waals surface area (Å²) in [6, 6.07) is 3.78. The smallest absolute Gasteiger partial charge is 0.294 e. The number of nitrogens with two attached hydrogens (primary N) is 1. The minimum Gasteiger partial charge on any atom is -0.341 e. The summed E-state index contributed by atoms with van der Waals surface area (Å²) in [6.45, 7) is 4.68. The van der Waals surface area contributed by atoms with Crippen molar-refractivity contribution in [2.75, 3.05) is 18.0 Å². The number of rotatable bonds is 4. The van der Waals surface area contributed by atoms with E-state index in [1.165, 1.54) is 4.68 Å². The molecule has 11 heteroatoms. The molecule has 4 heterocycles. The molecule has 0 saturated carbocycles. The lowest BCUT2D eigenvalue weighted by Gasteiger charge is -2.30. The van der Waals surface area contributed by atoms with Gasteiger partial charge < -0.3 is 15.6 Å². The van der Waals surface area contributed by atoms with Gasteiger partial charge in [0.25, 0.3) is 11.1 Å². The van der Waals surface area contributed by atoms with Crippen LogP contribution in [0.4, 0.5) is 5.95 Å². The molecular weight excluding hydrogens is 386 g/mol. The Morgan fingerprint density at radius 1 is 1.20 bits per heavy atom. The Bertz CT molecular complexity index is 1240. The van der Waals surface area contributed by atoms with E-state index in [1.807, 2.05) is 30.9 Å². The number of hydrogen-bond donors (Lipinski definition) is 2. The number of fused-ring (bicyclic) bond motifs is 1. The minimum absolute atomic E-state index is 0.0144. The van der Waals surface area contributed by atoms with Crippen molar-refractivity contribution in [1.82, 2.24) is 29.3 Å². The van der Waals surface area contributed by atoms with Crippen LogP contribution in [0.25, 0.3) is 11.0 Å². The van der Waals surface area contributed by atoms with E-state index < -0.39 is 11.1 Å². The standard InChI is InChI=1S/C19H23N9O2/c1-11-8-12(2)23-14(22-11)10-28-18(30)16-15(17(29)27(28)7-5-20)24-19(25-16)26-6-3-4-13(21)9-26/h8,13H,3-4,6-7,9-10,21H2,1-2H3,(H,24,25). The normalized spacial score (nSPS) is 16.7. The van der Waals surface area contributed by atoms with Gasteiger partial charge in [-0.25, -0.2) is 24.3 Å². The molecule has 0 aromatic carbocycles. The molecule has 1 aliphatic heterocycles. The number of anilines is 1. The van der Waals surface area contributed by atoms with Crippen LogP contribution in [0.15, 0.2) is 15.7 Å². The second-order valence-corrected chi connectivity index (χ2v) is 7.58. The molecule has 0 radical (unpaired) electrons. The highest BCUT2D eigenvalue weighted by molar-refractivity contribution is 5.75. The van der Waals surface area contributed by atoms with Crippen molar-refractivity contribution in [3.8, 4) is 6.07 Å². The van der Waals surface area contributed by atoms with Gasteiger partial charge in [-0.3, -0.25) is 9.59 Å². The molecule has 11 nitrogen and oxygen atoms in total. The van der Waals surface area contributed by atoms with Crippen LogP contribution in [0.1, 0.15) is 30.1 Å². The summed E-state index contributed by atoms with van der Waals surface area (Å²) in [6.07, 6.45) is 1.83. The van der Waals surface area contributed by atoms with Crippen molar-refractivity contribution in [2.24, 2.45) is 5.73 Å². The number of nitrogens with zero attached hydrogens (tertiary/aromatic N) is 7. The fourth-order valence-electron chi connectivity index (χ4n) is 3.88. The molecule has 1 fully saturated rings. The highest BCUT2D eigenvalue weighted by Crippen LogP contribution is 2.17. The Labute approximate surface area is 171 Å². The minimum atomic E-state index is -0.515. The molecule has 3 N–H and O–H groups in total. The van der Waals surface area contributed by atoms with Gasteiger partial charge >= 0.3 is 0 Å². The van der Waals surface area contributed by atoms with Crippen molar-refractivity contribution in [3.05, 3.63) is 44.0 Å². The van der Waals surface area contributed by atoms with Crippen molar-refractivity contribution >= 4 is 17.0 Å². The van der Waals surface area contributed by atoms with Gasteiger partial charge in [-0.2, -0.15) is 5.26 Å². The summed E-state index contributed by atoms with van der Waals surface area (Å²) < 4.78 is 2.30. The van der Waals surface area contributed by atoms with Crippen LogP contribution >= 0.6 is 0 Å². The fraction of sp³-hybridized carbons (Fsp3) is 0.474. The fourth-order valence-corrected chi connectivity index (χ4v) is 3.88. The van der Waals surface area contributed by atoms with Crippen LogP contribution in [0.5, 0.6) is 0 Å². The maximum Gasteiger partial charge on any atom is 0.294 e. The number of hydrogen-bond acceptors (Lipinski definition) is 8. The predicted molar refractivity (Wildman–Crippen MR) is 110 cm³/mol. The first-order chi connectivity index (χ1) is 14.4. The summed E-state index contributed by atoms with van der Waals surface area (Å²) in [4.78, 5) is 44.3. The number of aromatic nitrogens is 6. The molecule has 3 aromatic heterocycles.